The minimum Gasteiger partial charge on any atom is -0.326 e. The van der Waals surface area contributed by atoms with Crippen molar-refractivity contribution in [3.63, 3.8) is 0 Å². The summed E-state index contributed by atoms with van der Waals surface area (Å²) in [7, 11) is 0. The van der Waals surface area contributed by atoms with Gasteiger partial charge in [-0.1, -0.05) is 12.1 Å². The van der Waals surface area contributed by atoms with E-state index in [1.807, 2.05) is 0 Å². The summed E-state index contributed by atoms with van der Waals surface area (Å²) < 4.78 is 12.7. The zero-order chi connectivity index (χ0) is 9.84. The Balaban J connectivity index is 2.75. The van der Waals surface area contributed by atoms with E-state index in [0.717, 1.165) is 0 Å². The molecule has 1 rings (SSSR count). The van der Waals surface area contributed by atoms with Crippen LogP contribution in [0.15, 0.2) is 24.3 Å². The number of halogens is 1. The van der Waals surface area contributed by atoms with E-state index in [1.165, 1.54) is 13.8 Å². The highest BCUT2D eigenvalue weighted by molar-refractivity contribution is 5.88. The molecule has 0 spiro atoms. The van der Waals surface area contributed by atoms with Crippen LogP contribution in [0.3, 0.4) is 0 Å². The van der Waals surface area contributed by atoms with E-state index in [4.69, 9.17) is 0 Å². The third-order valence-electron chi connectivity index (χ3n) is 1.69. The Hall–Kier alpha value is -1.38. The van der Waals surface area contributed by atoms with Gasteiger partial charge >= 0.3 is 0 Å². The average Bonchev–Trinajstić information content (AvgIpc) is 2.04. The SMILES string of the molecule is CC(=O)Nc1ccc(C(C)F)cc1. The Kier molecular flexibility index (Phi) is 3.01. The molecule has 0 aliphatic heterocycles. The number of alkyl halides is 1. The summed E-state index contributed by atoms with van der Waals surface area (Å²) in [6.07, 6.45) is -0.966. The molecule has 0 aliphatic carbocycles. The molecule has 0 aromatic heterocycles. The van der Waals surface area contributed by atoms with Gasteiger partial charge in [0.05, 0.1) is 0 Å². The van der Waals surface area contributed by atoms with Crippen molar-refractivity contribution in [3.05, 3.63) is 29.8 Å². The summed E-state index contributed by atoms with van der Waals surface area (Å²) in [6.45, 7) is 2.92. The topological polar surface area (TPSA) is 29.1 Å². The fourth-order valence-electron chi connectivity index (χ4n) is 1.03. The molecule has 0 saturated carbocycles. The van der Waals surface area contributed by atoms with Crippen LogP contribution < -0.4 is 5.32 Å². The minimum atomic E-state index is -0.966. The largest absolute Gasteiger partial charge is 0.326 e. The van der Waals surface area contributed by atoms with Crippen molar-refractivity contribution >= 4 is 11.6 Å². The Morgan fingerprint density at radius 3 is 2.31 bits per heavy atom. The molecule has 1 atom stereocenters. The maximum absolute atomic E-state index is 12.7. The van der Waals surface area contributed by atoms with Crippen LogP contribution in [0.4, 0.5) is 10.1 Å². The number of carbonyl (C=O) groups is 1. The molecule has 0 fully saturated rings. The van der Waals surface area contributed by atoms with Crippen LogP contribution in [0.25, 0.3) is 0 Å². The van der Waals surface area contributed by atoms with Gasteiger partial charge in [-0.15, -0.1) is 0 Å². The summed E-state index contributed by atoms with van der Waals surface area (Å²) in [5.41, 5.74) is 1.31. The smallest absolute Gasteiger partial charge is 0.221 e. The molecule has 1 unspecified atom stereocenters. The van der Waals surface area contributed by atoms with Gasteiger partial charge in [-0.2, -0.15) is 0 Å². The molecule has 13 heavy (non-hydrogen) atoms. The first-order valence-electron chi connectivity index (χ1n) is 4.11. The van der Waals surface area contributed by atoms with Crippen molar-refractivity contribution in [1.82, 2.24) is 0 Å². The molecular weight excluding hydrogens is 169 g/mol. The predicted octanol–water partition coefficient (Wildman–Crippen LogP) is 2.68. The van der Waals surface area contributed by atoms with Crippen molar-refractivity contribution < 1.29 is 9.18 Å². The lowest BCUT2D eigenvalue weighted by atomic mass is 10.1. The average molecular weight is 181 g/mol. The fourth-order valence-corrected chi connectivity index (χ4v) is 1.03. The maximum atomic E-state index is 12.7. The number of benzene rings is 1. The van der Waals surface area contributed by atoms with E-state index in [1.54, 1.807) is 24.3 Å². The molecule has 1 N–H and O–H groups in total. The first-order chi connectivity index (χ1) is 6.09. The summed E-state index contributed by atoms with van der Waals surface area (Å²) in [5, 5.41) is 2.61. The lowest BCUT2D eigenvalue weighted by molar-refractivity contribution is -0.114. The van der Waals surface area contributed by atoms with Gasteiger partial charge in [0.15, 0.2) is 0 Å². The second kappa shape index (κ2) is 4.03. The number of hydrogen-bond donors (Lipinski definition) is 1. The molecule has 1 aromatic carbocycles. The van der Waals surface area contributed by atoms with Crippen molar-refractivity contribution in [2.45, 2.75) is 20.0 Å². The zero-order valence-electron chi connectivity index (χ0n) is 7.67. The van der Waals surface area contributed by atoms with E-state index in [-0.39, 0.29) is 5.91 Å². The van der Waals surface area contributed by atoms with Crippen molar-refractivity contribution in [2.75, 3.05) is 5.32 Å². The monoisotopic (exact) mass is 181 g/mol. The van der Waals surface area contributed by atoms with Gasteiger partial charge in [-0.3, -0.25) is 4.79 Å². The Bertz CT molecular complexity index is 292. The summed E-state index contributed by atoms with van der Waals surface area (Å²) >= 11 is 0. The van der Waals surface area contributed by atoms with Gasteiger partial charge in [0.1, 0.15) is 6.17 Å². The molecule has 0 bridgehead atoms. The molecule has 0 aliphatic rings. The quantitative estimate of drug-likeness (QED) is 0.746. The molecule has 0 radical (unpaired) electrons. The van der Waals surface area contributed by atoms with Gasteiger partial charge in [-0.25, -0.2) is 4.39 Å². The van der Waals surface area contributed by atoms with Crippen LogP contribution in [-0.2, 0) is 4.79 Å². The van der Waals surface area contributed by atoms with Crippen LogP contribution in [0.5, 0.6) is 0 Å². The van der Waals surface area contributed by atoms with Crippen LogP contribution in [0.2, 0.25) is 0 Å². The molecule has 2 nitrogen and oxygen atoms in total. The highest BCUT2D eigenvalue weighted by Gasteiger charge is 2.01. The summed E-state index contributed by atoms with van der Waals surface area (Å²) in [6, 6.07) is 6.70. The number of anilines is 1. The third-order valence-corrected chi connectivity index (χ3v) is 1.69. The first kappa shape index (κ1) is 9.71. The van der Waals surface area contributed by atoms with Crippen LogP contribution in [-0.4, -0.2) is 5.91 Å². The molecule has 0 heterocycles. The molecule has 0 saturated heterocycles. The lowest BCUT2D eigenvalue weighted by Gasteiger charge is -2.04. The number of hydrogen-bond acceptors (Lipinski definition) is 1. The predicted molar refractivity (Wildman–Crippen MR) is 50.3 cm³/mol. The van der Waals surface area contributed by atoms with Gasteiger partial charge in [0.25, 0.3) is 0 Å². The molecule has 1 aromatic rings. The number of amides is 1. The Labute approximate surface area is 76.8 Å². The second-order valence-electron chi connectivity index (χ2n) is 2.92. The maximum Gasteiger partial charge on any atom is 0.221 e. The van der Waals surface area contributed by atoms with E-state index in [9.17, 15) is 9.18 Å². The first-order valence-corrected chi connectivity index (χ1v) is 4.11. The Morgan fingerprint density at radius 1 is 1.38 bits per heavy atom. The van der Waals surface area contributed by atoms with Gasteiger partial charge in [0, 0.05) is 12.6 Å². The van der Waals surface area contributed by atoms with Crippen molar-refractivity contribution in [3.8, 4) is 0 Å². The van der Waals surface area contributed by atoms with E-state index in [0.29, 0.717) is 11.3 Å². The van der Waals surface area contributed by atoms with Crippen LogP contribution in [0, 0.1) is 0 Å². The molecule has 1 amide bonds. The van der Waals surface area contributed by atoms with Gasteiger partial charge in [-0.05, 0) is 24.6 Å². The molecule has 3 heteroatoms. The van der Waals surface area contributed by atoms with Crippen LogP contribution >= 0.6 is 0 Å². The van der Waals surface area contributed by atoms with Crippen molar-refractivity contribution in [1.29, 1.82) is 0 Å². The molecule has 70 valence electrons. The third kappa shape index (κ3) is 2.86. The van der Waals surface area contributed by atoms with E-state index >= 15 is 0 Å². The minimum absolute atomic E-state index is 0.124. The van der Waals surface area contributed by atoms with Crippen LogP contribution in [0.1, 0.15) is 25.6 Å². The summed E-state index contributed by atoms with van der Waals surface area (Å²) in [4.78, 5) is 10.6. The highest BCUT2D eigenvalue weighted by atomic mass is 19.1. The lowest BCUT2D eigenvalue weighted by Crippen LogP contribution is -2.05. The van der Waals surface area contributed by atoms with E-state index in [2.05, 4.69) is 5.32 Å². The zero-order valence-corrected chi connectivity index (χ0v) is 7.67. The molecular formula is C10H12FNO. The van der Waals surface area contributed by atoms with Crippen molar-refractivity contribution in [2.24, 2.45) is 0 Å². The number of rotatable bonds is 2. The van der Waals surface area contributed by atoms with E-state index < -0.39 is 6.17 Å². The normalized spacial score (nSPS) is 12.2. The number of carbonyl (C=O) groups excluding carboxylic acids is 1. The van der Waals surface area contributed by atoms with Gasteiger partial charge in [0.2, 0.25) is 5.91 Å². The van der Waals surface area contributed by atoms with Gasteiger partial charge < -0.3 is 5.32 Å². The highest BCUT2D eigenvalue weighted by Crippen LogP contribution is 2.18. The second-order valence-corrected chi connectivity index (χ2v) is 2.92. The summed E-state index contributed by atoms with van der Waals surface area (Å²) in [5.74, 6) is -0.124. The standard InChI is InChI=1S/C10H12FNO/c1-7(11)9-3-5-10(6-4-9)12-8(2)13/h3-7H,1-2H3,(H,12,13). The number of nitrogens with one attached hydrogen (secondary N) is 1. The Morgan fingerprint density at radius 2 is 1.92 bits per heavy atom. The fraction of sp³-hybridized carbons (Fsp3) is 0.300.